The summed E-state index contributed by atoms with van der Waals surface area (Å²) < 4.78 is 12.8. The highest BCUT2D eigenvalue weighted by atomic mass is 35.5. The minimum atomic E-state index is -0.296. The van der Waals surface area contributed by atoms with Gasteiger partial charge in [0.2, 0.25) is 5.28 Å². The van der Waals surface area contributed by atoms with Gasteiger partial charge in [-0.15, -0.1) is 0 Å². The first-order chi connectivity index (χ1) is 8.08. The minimum absolute atomic E-state index is 0.114. The smallest absolute Gasteiger partial charge is 0.224 e. The van der Waals surface area contributed by atoms with Gasteiger partial charge in [0.15, 0.2) is 5.82 Å². The van der Waals surface area contributed by atoms with Crippen molar-refractivity contribution in [2.75, 3.05) is 17.7 Å². The molecule has 88 valence electrons. The summed E-state index contributed by atoms with van der Waals surface area (Å²) in [5.41, 5.74) is 6.92. The van der Waals surface area contributed by atoms with Gasteiger partial charge < -0.3 is 10.6 Å². The van der Waals surface area contributed by atoms with Gasteiger partial charge in [0.25, 0.3) is 0 Å². The summed E-state index contributed by atoms with van der Waals surface area (Å²) in [6.07, 6.45) is 1.44. The number of rotatable bonds is 2. The second-order valence-electron chi connectivity index (χ2n) is 3.45. The summed E-state index contributed by atoms with van der Waals surface area (Å²) in [6, 6.07) is 5.99. The Morgan fingerprint density at radius 1 is 1.29 bits per heavy atom. The maximum Gasteiger partial charge on any atom is 0.224 e. The number of nitrogens with zero attached hydrogens (tertiary/aromatic N) is 3. The number of anilines is 3. The highest BCUT2D eigenvalue weighted by molar-refractivity contribution is 6.28. The van der Waals surface area contributed by atoms with E-state index in [2.05, 4.69) is 9.97 Å². The number of benzene rings is 1. The van der Waals surface area contributed by atoms with Gasteiger partial charge in [-0.1, -0.05) is 0 Å². The van der Waals surface area contributed by atoms with Gasteiger partial charge in [0.05, 0.1) is 11.9 Å². The molecule has 17 heavy (non-hydrogen) atoms. The highest BCUT2D eigenvalue weighted by Gasteiger charge is 2.10. The Morgan fingerprint density at radius 2 is 1.94 bits per heavy atom. The zero-order chi connectivity index (χ0) is 12.4. The molecule has 0 radical (unpaired) electrons. The number of nitrogen functional groups attached to an aromatic ring is 1. The summed E-state index contributed by atoms with van der Waals surface area (Å²) in [4.78, 5) is 9.52. The van der Waals surface area contributed by atoms with Crippen LogP contribution in [-0.4, -0.2) is 17.0 Å². The predicted molar refractivity (Wildman–Crippen MR) is 65.9 cm³/mol. The lowest BCUT2D eigenvalue weighted by Crippen LogP contribution is -2.14. The van der Waals surface area contributed by atoms with Crippen LogP contribution in [0.1, 0.15) is 0 Å². The molecule has 1 heterocycles. The summed E-state index contributed by atoms with van der Waals surface area (Å²) in [7, 11) is 1.77. The van der Waals surface area contributed by atoms with Gasteiger partial charge >= 0.3 is 0 Å². The average molecular weight is 253 g/mol. The van der Waals surface area contributed by atoms with E-state index < -0.39 is 0 Å². The van der Waals surface area contributed by atoms with Crippen molar-refractivity contribution in [1.29, 1.82) is 0 Å². The predicted octanol–water partition coefficient (Wildman–Crippen LogP) is 2.62. The molecule has 2 N–H and O–H groups in total. The molecule has 2 aromatic rings. The third kappa shape index (κ3) is 2.45. The maximum atomic E-state index is 12.8. The molecule has 0 saturated carbocycles. The van der Waals surface area contributed by atoms with Crippen LogP contribution in [0.25, 0.3) is 0 Å². The Morgan fingerprint density at radius 3 is 2.59 bits per heavy atom. The lowest BCUT2D eigenvalue weighted by atomic mass is 10.3. The van der Waals surface area contributed by atoms with Crippen molar-refractivity contribution in [3.8, 4) is 0 Å². The molecule has 0 bridgehead atoms. The molecule has 0 saturated heterocycles. The first-order valence-corrected chi connectivity index (χ1v) is 5.23. The molecule has 0 atom stereocenters. The lowest BCUT2D eigenvalue weighted by Gasteiger charge is -2.19. The normalized spacial score (nSPS) is 10.3. The average Bonchev–Trinajstić information content (AvgIpc) is 2.32. The molecule has 0 aliphatic carbocycles. The molecular weight excluding hydrogens is 243 g/mol. The molecule has 0 unspecified atom stereocenters. The summed E-state index contributed by atoms with van der Waals surface area (Å²) in [5.74, 6) is 0.187. The molecule has 4 nitrogen and oxygen atoms in total. The van der Waals surface area contributed by atoms with E-state index in [0.29, 0.717) is 11.5 Å². The van der Waals surface area contributed by atoms with Crippen LogP contribution in [0, 0.1) is 5.82 Å². The molecule has 0 fully saturated rings. The van der Waals surface area contributed by atoms with Gasteiger partial charge in [0.1, 0.15) is 5.82 Å². The number of aromatic nitrogens is 2. The highest BCUT2D eigenvalue weighted by Crippen LogP contribution is 2.27. The van der Waals surface area contributed by atoms with Crippen molar-refractivity contribution >= 4 is 28.8 Å². The van der Waals surface area contributed by atoms with E-state index >= 15 is 0 Å². The van der Waals surface area contributed by atoms with Gasteiger partial charge in [-0.3, -0.25) is 0 Å². The van der Waals surface area contributed by atoms with Crippen LogP contribution in [-0.2, 0) is 0 Å². The van der Waals surface area contributed by atoms with E-state index in [1.807, 2.05) is 0 Å². The van der Waals surface area contributed by atoms with Crippen molar-refractivity contribution in [2.24, 2.45) is 0 Å². The standard InChI is InChI=1S/C11H10ClFN4/c1-17(8-4-2-7(13)3-5-8)10-9(14)6-15-11(12)16-10/h2-6H,14H2,1H3. The van der Waals surface area contributed by atoms with Crippen molar-refractivity contribution in [1.82, 2.24) is 9.97 Å². The second-order valence-corrected chi connectivity index (χ2v) is 3.79. The number of hydrogen-bond acceptors (Lipinski definition) is 4. The van der Waals surface area contributed by atoms with Crippen molar-refractivity contribution in [3.05, 3.63) is 41.6 Å². The fraction of sp³-hybridized carbons (Fsp3) is 0.0909. The summed E-state index contributed by atoms with van der Waals surface area (Å²) in [6.45, 7) is 0. The lowest BCUT2D eigenvalue weighted by molar-refractivity contribution is 0.628. The van der Waals surface area contributed by atoms with E-state index in [1.54, 1.807) is 24.1 Å². The van der Waals surface area contributed by atoms with E-state index in [0.717, 1.165) is 5.69 Å². The fourth-order valence-electron chi connectivity index (χ4n) is 1.42. The second kappa shape index (κ2) is 4.55. The summed E-state index contributed by atoms with van der Waals surface area (Å²) in [5, 5.41) is 0.114. The largest absolute Gasteiger partial charge is 0.394 e. The molecule has 0 aliphatic rings. The number of nitrogens with two attached hydrogens (primary N) is 1. The van der Waals surface area contributed by atoms with Crippen LogP contribution in [0.5, 0.6) is 0 Å². The molecule has 0 spiro atoms. The zero-order valence-corrected chi connectivity index (χ0v) is 9.82. The molecule has 0 aliphatic heterocycles. The monoisotopic (exact) mass is 252 g/mol. The number of halogens is 2. The molecular formula is C11H10ClFN4. The van der Waals surface area contributed by atoms with E-state index in [-0.39, 0.29) is 11.1 Å². The van der Waals surface area contributed by atoms with E-state index in [1.165, 1.54) is 18.3 Å². The van der Waals surface area contributed by atoms with Gasteiger partial charge in [-0.25, -0.2) is 9.37 Å². The van der Waals surface area contributed by atoms with Crippen LogP contribution in [0.4, 0.5) is 21.6 Å². The molecule has 1 aromatic carbocycles. The van der Waals surface area contributed by atoms with Gasteiger partial charge in [-0.2, -0.15) is 4.98 Å². The number of hydrogen-bond donors (Lipinski definition) is 1. The first-order valence-electron chi connectivity index (χ1n) is 4.85. The van der Waals surface area contributed by atoms with Crippen LogP contribution in [0.3, 0.4) is 0 Å². The molecule has 2 rings (SSSR count). The van der Waals surface area contributed by atoms with Crippen LogP contribution in [0.2, 0.25) is 5.28 Å². The van der Waals surface area contributed by atoms with E-state index in [9.17, 15) is 4.39 Å². The molecule has 0 amide bonds. The Hall–Kier alpha value is -1.88. The van der Waals surface area contributed by atoms with Crippen molar-refractivity contribution in [2.45, 2.75) is 0 Å². The minimum Gasteiger partial charge on any atom is -0.394 e. The Labute approximate surface area is 103 Å². The topological polar surface area (TPSA) is 55.0 Å². The summed E-state index contributed by atoms with van der Waals surface area (Å²) >= 11 is 5.71. The third-order valence-corrected chi connectivity index (χ3v) is 2.48. The Balaban J connectivity index is 2.39. The molecule has 6 heteroatoms. The van der Waals surface area contributed by atoms with Crippen LogP contribution >= 0.6 is 11.6 Å². The quantitative estimate of drug-likeness (QED) is 0.835. The molecule has 1 aromatic heterocycles. The Bertz CT molecular complexity index is 529. The SMILES string of the molecule is CN(c1ccc(F)cc1)c1nc(Cl)ncc1N. The van der Waals surface area contributed by atoms with Crippen molar-refractivity contribution < 1.29 is 4.39 Å². The first kappa shape index (κ1) is 11.6. The maximum absolute atomic E-state index is 12.8. The zero-order valence-electron chi connectivity index (χ0n) is 9.06. The van der Waals surface area contributed by atoms with Crippen LogP contribution in [0.15, 0.2) is 30.5 Å². The van der Waals surface area contributed by atoms with E-state index in [4.69, 9.17) is 17.3 Å². The van der Waals surface area contributed by atoms with Crippen molar-refractivity contribution in [3.63, 3.8) is 0 Å². The third-order valence-electron chi connectivity index (χ3n) is 2.30. The van der Waals surface area contributed by atoms with Crippen LogP contribution < -0.4 is 10.6 Å². The Kier molecular flexibility index (Phi) is 3.10. The van der Waals surface area contributed by atoms with Gasteiger partial charge in [-0.05, 0) is 35.9 Å². The van der Waals surface area contributed by atoms with Gasteiger partial charge in [0, 0.05) is 12.7 Å². The fourth-order valence-corrected chi connectivity index (χ4v) is 1.55.